The zero-order valence-electron chi connectivity index (χ0n) is 36.9. The number of rotatable bonds is 48. The first-order valence-corrected chi connectivity index (χ1v) is 31.2. The quantitative estimate of drug-likeness (QED) is 0.0335. The van der Waals surface area contributed by atoms with Crippen molar-refractivity contribution in [1.29, 1.82) is 0 Å². The van der Waals surface area contributed by atoms with Crippen molar-refractivity contribution >= 4 is 68.8 Å². The summed E-state index contributed by atoms with van der Waals surface area (Å²) in [6, 6.07) is 0. The summed E-state index contributed by atoms with van der Waals surface area (Å²) in [6.45, 7) is 12.7. The third-order valence-corrected chi connectivity index (χ3v) is 19.0. The van der Waals surface area contributed by atoms with E-state index in [2.05, 4.69) is 48.4 Å². The van der Waals surface area contributed by atoms with Gasteiger partial charge in [0.25, 0.3) is 0 Å². The van der Waals surface area contributed by atoms with Crippen molar-refractivity contribution in [3.05, 3.63) is 0 Å². The third kappa shape index (κ3) is 48.0. The normalized spacial score (nSPS) is 11.7. The summed E-state index contributed by atoms with van der Waals surface area (Å²) in [5, 5.41) is 0. The van der Waals surface area contributed by atoms with Crippen LogP contribution in [0.4, 0.5) is 0 Å². The molecule has 0 saturated heterocycles. The Morgan fingerprint density at radius 2 is 0.764 bits per heavy atom. The maximum atomic E-state index is 12.6. The molecule has 0 rings (SSSR count). The van der Waals surface area contributed by atoms with Crippen molar-refractivity contribution in [1.82, 2.24) is 9.80 Å². The molecule has 0 unspecified atom stereocenters. The first-order valence-electron chi connectivity index (χ1n) is 23.5. The summed E-state index contributed by atoms with van der Waals surface area (Å²) < 4.78 is 5.62. The minimum atomic E-state index is -0.0306. The number of esters is 1. The van der Waals surface area contributed by atoms with Gasteiger partial charge in [0.05, 0.1) is 6.42 Å². The second-order valence-corrected chi connectivity index (χ2v) is 24.7. The van der Waals surface area contributed by atoms with Crippen LogP contribution in [0.15, 0.2) is 0 Å². The van der Waals surface area contributed by atoms with Crippen LogP contribution in [-0.2, 0) is 9.53 Å². The molecule has 0 bridgehead atoms. The average molecular weight is 886 g/mol. The van der Waals surface area contributed by atoms with Crippen LogP contribution in [0.5, 0.6) is 0 Å². The minimum absolute atomic E-state index is 0.0306. The van der Waals surface area contributed by atoms with Crippen molar-refractivity contribution in [2.75, 3.05) is 69.4 Å². The molecule has 0 amide bonds. The number of carbonyl (C=O) groups excluding carboxylic acids is 1. The summed E-state index contributed by atoms with van der Waals surface area (Å²) in [5.41, 5.74) is 0. The van der Waals surface area contributed by atoms with Gasteiger partial charge in [-0.25, -0.2) is 0 Å². The van der Waals surface area contributed by atoms with E-state index in [-0.39, 0.29) is 5.97 Å². The molecule has 55 heavy (non-hydrogen) atoms. The Hall–Kier alpha value is 1.49. The first-order chi connectivity index (χ1) is 27.1. The van der Waals surface area contributed by atoms with E-state index in [1.807, 2.05) is 52.0 Å². The van der Waals surface area contributed by atoms with Gasteiger partial charge in [-0.05, 0) is 91.4 Å². The maximum Gasteiger partial charge on any atom is 0.307 e. The van der Waals surface area contributed by atoms with Crippen molar-refractivity contribution in [3.63, 3.8) is 0 Å². The van der Waals surface area contributed by atoms with E-state index in [0.717, 1.165) is 31.9 Å². The Labute approximate surface area is 368 Å². The molecule has 0 aromatic heterocycles. The van der Waals surface area contributed by atoms with Crippen LogP contribution in [0.25, 0.3) is 0 Å². The van der Waals surface area contributed by atoms with E-state index in [1.165, 1.54) is 210 Å². The second kappa shape index (κ2) is 49.8. The highest BCUT2D eigenvalue weighted by Gasteiger charge is 2.11. The Morgan fingerprint density at radius 1 is 0.400 bits per heavy atom. The standard InChI is InChI=1S/C45H92N2O2S6/c1-5-8-11-13-15-17-19-21-23-25-27-30-41-50-54-52-43-32-29-37-47(38-33-36-46(4)35-10-7-3)39-34-45(48)49-40-44-53-55-51-42-31-28-26-24-22-20-18-16-14-12-9-6-2/h5-44H2,1-4H3. The highest BCUT2D eigenvalue weighted by Crippen LogP contribution is 2.36. The van der Waals surface area contributed by atoms with Crippen LogP contribution in [-0.4, -0.2) is 85.2 Å². The van der Waals surface area contributed by atoms with E-state index < -0.39 is 0 Å². The number of nitrogens with zero attached hydrogens (tertiary/aromatic N) is 2. The Morgan fingerprint density at radius 3 is 1.22 bits per heavy atom. The maximum absolute atomic E-state index is 12.6. The molecule has 0 aliphatic heterocycles. The van der Waals surface area contributed by atoms with Gasteiger partial charge >= 0.3 is 5.97 Å². The van der Waals surface area contributed by atoms with Gasteiger partial charge in [-0.1, -0.05) is 212 Å². The number of carbonyl (C=O) groups is 1. The molecule has 4 nitrogen and oxygen atoms in total. The lowest BCUT2D eigenvalue weighted by Crippen LogP contribution is -2.31. The van der Waals surface area contributed by atoms with Crippen LogP contribution in [0, 0.1) is 0 Å². The van der Waals surface area contributed by atoms with E-state index in [1.54, 1.807) is 0 Å². The van der Waals surface area contributed by atoms with Crippen LogP contribution in [0.3, 0.4) is 0 Å². The lowest BCUT2D eigenvalue weighted by Gasteiger charge is -2.24. The molecule has 0 aliphatic carbocycles. The molecule has 0 heterocycles. The van der Waals surface area contributed by atoms with E-state index in [4.69, 9.17) is 4.74 Å². The van der Waals surface area contributed by atoms with Gasteiger partial charge in [0.1, 0.15) is 6.61 Å². The van der Waals surface area contributed by atoms with Crippen molar-refractivity contribution in [2.24, 2.45) is 0 Å². The van der Waals surface area contributed by atoms with E-state index in [9.17, 15) is 4.79 Å². The Balaban J connectivity index is 3.86. The minimum Gasteiger partial charge on any atom is -0.465 e. The van der Waals surface area contributed by atoms with Gasteiger partial charge in [-0.3, -0.25) is 4.79 Å². The molecule has 10 heteroatoms. The molecule has 0 radical (unpaired) electrons. The van der Waals surface area contributed by atoms with Crippen molar-refractivity contribution < 1.29 is 9.53 Å². The van der Waals surface area contributed by atoms with Gasteiger partial charge in [-0.15, -0.1) is 0 Å². The van der Waals surface area contributed by atoms with Crippen LogP contribution >= 0.6 is 62.8 Å². The Bertz CT molecular complexity index is 741. The predicted octanol–water partition coefficient (Wildman–Crippen LogP) is 16.6. The second-order valence-electron chi connectivity index (χ2n) is 15.7. The van der Waals surface area contributed by atoms with Gasteiger partial charge in [-0.2, -0.15) is 0 Å². The molecular weight excluding hydrogens is 793 g/mol. The molecule has 0 atom stereocenters. The summed E-state index contributed by atoms with van der Waals surface area (Å²) in [5.74, 6) is 4.59. The molecule has 0 aliphatic rings. The smallest absolute Gasteiger partial charge is 0.307 e. The average Bonchev–Trinajstić information content (AvgIpc) is 3.19. The number of unbranched alkanes of at least 4 members (excludes halogenated alkanes) is 24. The first kappa shape index (κ1) is 56.5. The monoisotopic (exact) mass is 885 g/mol. The molecule has 0 aromatic carbocycles. The van der Waals surface area contributed by atoms with Crippen LogP contribution in [0.1, 0.15) is 213 Å². The Kier molecular flexibility index (Phi) is 51.2. The molecule has 0 spiro atoms. The summed E-state index contributed by atoms with van der Waals surface area (Å²) in [7, 11) is 14.0. The summed E-state index contributed by atoms with van der Waals surface area (Å²) >= 11 is 0. The lowest BCUT2D eigenvalue weighted by atomic mass is 10.1. The van der Waals surface area contributed by atoms with E-state index in [0.29, 0.717) is 13.0 Å². The molecule has 0 aromatic rings. The molecule has 330 valence electrons. The summed E-state index contributed by atoms with van der Waals surface area (Å²) in [4.78, 5) is 17.6. The largest absolute Gasteiger partial charge is 0.465 e. The highest BCUT2D eigenvalue weighted by molar-refractivity contribution is 9.09. The van der Waals surface area contributed by atoms with Crippen molar-refractivity contribution in [3.8, 4) is 0 Å². The SMILES string of the molecule is CCCCCCCCCCCCCCSSSCCCCN(CCCN(C)CCCC)CCC(=O)OCCSSSCCCCCCCCCCCCCC. The highest BCUT2D eigenvalue weighted by atomic mass is 33.5. The van der Waals surface area contributed by atoms with Crippen molar-refractivity contribution in [2.45, 2.75) is 213 Å². The van der Waals surface area contributed by atoms with Crippen LogP contribution < -0.4 is 0 Å². The zero-order chi connectivity index (χ0) is 40.0. The van der Waals surface area contributed by atoms with Gasteiger partial charge in [0, 0.05) is 29.6 Å². The molecule has 0 N–H and O–H groups in total. The van der Waals surface area contributed by atoms with E-state index >= 15 is 0 Å². The number of hydrogen-bond donors (Lipinski definition) is 0. The summed E-state index contributed by atoms with van der Waals surface area (Å²) in [6.07, 6.45) is 40.7. The predicted molar refractivity (Wildman–Crippen MR) is 265 cm³/mol. The molecular formula is C45H92N2O2S6. The fourth-order valence-electron chi connectivity index (χ4n) is 6.66. The fourth-order valence-corrected chi connectivity index (χ4v) is 14.3. The zero-order valence-corrected chi connectivity index (χ0v) is 41.8. The fraction of sp³-hybridized carbons (Fsp3) is 0.978. The topological polar surface area (TPSA) is 32.8 Å². The van der Waals surface area contributed by atoms with Gasteiger partial charge in [0.2, 0.25) is 0 Å². The lowest BCUT2D eigenvalue weighted by molar-refractivity contribution is -0.143. The third-order valence-electron chi connectivity index (χ3n) is 10.3. The van der Waals surface area contributed by atoms with Gasteiger partial charge in [0.15, 0.2) is 0 Å². The van der Waals surface area contributed by atoms with Crippen LogP contribution in [0.2, 0.25) is 0 Å². The number of ether oxygens (including phenoxy) is 1. The molecule has 0 saturated carbocycles. The molecule has 0 fully saturated rings. The number of hydrogen-bond acceptors (Lipinski definition) is 10. The van der Waals surface area contributed by atoms with Gasteiger partial charge < -0.3 is 14.5 Å².